The van der Waals surface area contributed by atoms with Gasteiger partial charge >= 0.3 is 0 Å². The Labute approximate surface area is 166 Å². The van der Waals surface area contributed by atoms with Crippen molar-refractivity contribution in [1.82, 2.24) is 19.9 Å². The van der Waals surface area contributed by atoms with Gasteiger partial charge in [0.05, 0.1) is 5.52 Å². The monoisotopic (exact) mass is 373 g/mol. The number of para-hydroxylation sites is 1. The van der Waals surface area contributed by atoms with Crippen LogP contribution in [0.5, 0.6) is 0 Å². The number of likely N-dealkylation sites (tertiary alicyclic amines) is 1. The third kappa shape index (κ3) is 3.24. The summed E-state index contributed by atoms with van der Waals surface area (Å²) in [5, 5.41) is 1.15. The number of rotatable bonds is 3. The molecule has 0 N–H and O–H groups in total. The van der Waals surface area contributed by atoms with Gasteiger partial charge in [-0.3, -0.25) is 9.88 Å². The van der Waals surface area contributed by atoms with E-state index in [9.17, 15) is 0 Å². The third-order valence-corrected chi connectivity index (χ3v) is 6.36. The van der Waals surface area contributed by atoms with Crippen molar-refractivity contribution in [3.05, 3.63) is 48.8 Å². The summed E-state index contributed by atoms with van der Waals surface area (Å²) >= 11 is 0. The van der Waals surface area contributed by atoms with Crippen molar-refractivity contribution < 1.29 is 0 Å². The maximum absolute atomic E-state index is 5.01. The van der Waals surface area contributed by atoms with E-state index in [4.69, 9.17) is 9.97 Å². The lowest BCUT2D eigenvalue weighted by atomic mass is 10.0. The molecule has 0 spiro atoms. The summed E-state index contributed by atoms with van der Waals surface area (Å²) < 4.78 is 0. The summed E-state index contributed by atoms with van der Waals surface area (Å²) in [4.78, 5) is 19.1. The molecule has 0 bridgehead atoms. The number of anilines is 1. The molecule has 1 unspecified atom stereocenters. The molecule has 2 aromatic heterocycles. The van der Waals surface area contributed by atoms with Gasteiger partial charge < -0.3 is 4.90 Å². The number of aromatic nitrogens is 3. The molecule has 0 saturated carbocycles. The van der Waals surface area contributed by atoms with Crippen molar-refractivity contribution in [3.63, 3.8) is 0 Å². The number of hydrogen-bond acceptors (Lipinski definition) is 5. The Balaban J connectivity index is 1.45. The lowest BCUT2D eigenvalue weighted by Crippen LogP contribution is -2.46. The molecule has 0 amide bonds. The predicted molar refractivity (Wildman–Crippen MR) is 113 cm³/mol. The van der Waals surface area contributed by atoms with Crippen LogP contribution in [-0.4, -0.2) is 51.6 Å². The lowest BCUT2D eigenvalue weighted by Gasteiger charge is -2.39. The number of pyridine rings is 1. The average Bonchev–Trinajstić information content (AvgIpc) is 3.19. The average molecular weight is 374 g/mol. The number of piperidine rings is 1. The zero-order valence-electron chi connectivity index (χ0n) is 16.5. The third-order valence-electron chi connectivity index (χ3n) is 6.36. The number of nitrogens with zero attached hydrogens (tertiary/aromatic N) is 5. The molecule has 1 aromatic carbocycles. The van der Waals surface area contributed by atoms with E-state index in [0.717, 1.165) is 53.3 Å². The maximum atomic E-state index is 5.01. The molecule has 5 nitrogen and oxygen atoms in total. The molecule has 5 rings (SSSR count). The fourth-order valence-corrected chi connectivity index (χ4v) is 4.84. The highest BCUT2D eigenvalue weighted by Crippen LogP contribution is 2.31. The van der Waals surface area contributed by atoms with Crippen LogP contribution in [0.1, 0.15) is 32.6 Å². The molecular formula is C23H27N5. The molecule has 2 saturated heterocycles. The van der Waals surface area contributed by atoms with E-state index in [1.54, 1.807) is 12.4 Å². The van der Waals surface area contributed by atoms with E-state index in [1.165, 1.54) is 32.2 Å². The summed E-state index contributed by atoms with van der Waals surface area (Å²) in [6.07, 6.45) is 8.74. The minimum Gasteiger partial charge on any atom is -0.356 e. The van der Waals surface area contributed by atoms with Crippen molar-refractivity contribution in [1.29, 1.82) is 0 Å². The van der Waals surface area contributed by atoms with Gasteiger partial charge in [-0.05, 0) is 63.4 Å². The Morgan fingerprint density at radius 2 is 1.68 bits per heavy atom. The fourth-order valence-electron chi connectivity index (χ4n) is 4.84. The lowest BCUT2D eigenvalue weighted by molar-refractivity contribution is 0.163. The molecule has 2 aliphatic heterocycles. The molecule has 0 radical (unpaired) electrons. The van der Waals surface area contributed by atoms with Crippen LogP contribution in [0.25, 0.3) is 22.3 Å². The van der Waals surface area contributed by atoms with Crippen LogP contribution in [0.15, 0.2) is 48.8 Å². The normalized spacial score (nSPS) is 21.5. The highest BCUT2D eigenvalue weighted by molar-refractivity contribution is 5.91. The minimum atomic E-state index is 0.724. The Kier molecular flexibility index (Phi) is 4.69. The zero-order valence-corrected chi connectivity index (χ0v) is 16.5. The first-order valence-corrected chi connectivity index (χ1v) is 10.5. The van der Waals surface area contributed by atoms with Crippen LogP contribution in [0, 0.1) is 0 Å². The fraction of sp³-hybridized carbons (Fsp3) is 0.435. The summed E-state index contributed by atoms with van der Waals surface area (Å²) in [5.41, 5.74) is 2.03. The Morgan fingerprint density at radius 1 is 0.893 bits per heavy atom. The first-order chi connectivity index (χ1) is 13.8. The van der Waals surface area contributed by atoms with Gasteiger partial charge in [-0.15, -0.1) is 0 Å². The highest BCUT2D eigenvalue weighted by atomic mass is 15.3. The van der Waals surface area contributed by atoms with E-state index in [1.807, 2.05) is 12.1 Å². The molecule has 144 valence electrons. The topological polar surface area (TPSA) is 45.2 Å². The zero-order chi connectivity index (χ0) is 18.9. The van der Waals surface area contributed by atoms with Gasteiger partial charge in [0.25, 0.3) is 0 Å². The predicted octanol–water partition coefficient (Wildman–Crippen LogP) is 4.14. The van der Waals surface area contributed by atoms with Crippen LogP contribution in [-0.2, 0) is 0 Å². The van der Waals surface area contributed by atoms with Gasteiger partial charge in [0, 0.05) is 48.5 Å². The first kappa shape index (κ1) is 17.6. The number of hydrogen-bond donors (Lipinski definition) is 0. The van der Waals surface area contributed by atoms with Crippen molar-refractivity contribution in [2.45, 2.75) is 44.7 Å². The smallest absolute Gasteiger partial charge is 0.162 e. The summed E-state index contributed by atoms with van der Waals surface area (Å²) in [7, 11) is 0. The molecule has 28 heavy (non-hydrogen) atoms. The van der Waals surface area contributed by atoms with Crippen molar-refractivity contribution in [2.75, 3.05) is 24.5 Å². The second-order valence-corrected chi connectivity index (χ2v) is 8.07. The molecule has 2 aliphatic rings. The molecular weight excluding hydrogens is 346 g/mol. The van der Waals surface area contributed by atoms with Crippen molar-refractivity contribution in [3.8, 4) is 11.4 Å². The van der Waals surface area contributed by atoms with Crippen LogP contribution in [0.2, 0.25) is 0 Å². The van der Waals surface area contributed by atoms with Gasteiger partial charge in [-0.1, -0.05) is 12.1 Å². The van der Waals surface area contributed by atoms with Gasteiger partial charge in [-0.2, -0.15) is 0 Å². The van der Waals surface area contributed by atoms with Crippen molar-refractivity contribution in [2.24, 2.45) is 0 Å². The van der Waals surface area contributed by atoms with Gasteiger partial charge in [0.1, 0.15) is 5.82 Å². The van der Waals surface area contributed by atoms with Gasteiger partial charge in [-0.25, -0.2) is 9.97 Å². The molecule has 3 aromatic rings. The van der Waals surface area contributed by atoms with Crippen molar-refractivity contribution >= 4 is 16.7 Å². The Bertz CT molecular complexity index is 950. The van der Waals surface area contributed by atoms with Gasteiger partial charge in [0.15, 0.2) is 5.82 Å². The largest absolute Gasteiger partial charge is 0.356 e. The van der Waals surface area contributed by atoms with E-state index >= 15 is 0 Å². The number of benzene rings is 1. The van der Waals surface area contributed by atoms with E-state index in [2.05, 4.69) is 46.0 Å². The molecule has 4 heterocycles. The molecule has 1 atom stereocenters. The highest BCUT2D eigenvalue weighted by Gasteiger charge is 2.31. The maximum Gasteiger partial charge on any atom is 0.162 e. The van der Waals surface area contributed by atoms with E-state index in [0.29, 0.717) is 0 Å². The van der Waals surface area contributed by atoms with Crippen LogP contribution in [0.3, 0.4) is 0 Å². The summed E-state index contributed by atoms with van der Waals surface area (Å²) in [5.74, 6) is 1.86. The van der Waals surface area contributed by atoms with Crippen LogP contribution < -0.4 is 4.90 Å². The van der Waals surface area contributed by atoms with Gasteiger partial charge in [0.2, 0.25) is 0 Å². The second-order valence-electron chi connectivity index (χ2n) is 8.07. The quantitative estimate of drug-likeness (QED) is 0.690. The summed E-state index contributed by atoms with van der Waals surface area (Å²) in [6, 6.07) is 13.8. The van der Waals surface area contributed by atoms with Crippen LogP contribution in [0.4, 0.5) is 5.82 Å². The molecule has 2 fully saturated rings. The number of fused-ring (bicyclic) bond motifs is 1. The summed E-state index contributed by atoms with van der Waals surface area (Å²) in [6.45, 7) is 5.78. The molecule has 5 heteroatoms. The first-order valence-electron chi connectivity index (χ1n) is 10.5. The van der Waals surface area contributed by atoms with E-state index in [-0.39, 0.29) is 0 Å². The van der Waals surface area contributed by atoms with E-state index < -0.39 is 0 Å². The Hall–Kier alpha value is -2.53. The molecule has 0 aliphatic carbocycles. The standard InChI is InChI=1S/C23H27N5/c1-17-5-4-14-28(17)19-10-15-27(16-11-19)23-20-6-2-3-7-21(20)25-22(26-23)18-8-12-24-13-9-18/h2-3,6-9,12-13,17,19H,4-5,10-11,14-16H2,1H3. The minimum absolute atomic E-state index is 0.724. The second kappa shape index (κ2) is 7.47. The van der Waals surface area contributed by atoms with Crippen LogP contribution >= 0.6 is 0 Å². The Morgan fingerprint density at radius 3 is 2.43 bits per heavy atom. The SMILES string of the molecule is CC1CCCN1C1CCN(c2nc(-c3ccncc3)nc3ccccc23)CC1.